The first-order chi connectivity index (χ1) is 8.68. The number of hydrogen-bond donors (Lipinski definition) is 1. The highest BCUT2D eigenvalue weighted by Gasteiger charge is 2.41. The smallest absolute Gasteiger partial charge is 0.312 e. The average molecular weight is 301 g/mol. The average Bonchev–Trinajstić information content (AvgIpc) is 2.24. The molecule has 0 saturated heterocycles. The second kappa shape index (κ2) is 4.90. The fourth-order valence-corrected chi connectivity index (χ4v) is 2.79. The molecule has 19 heavy (non-hydrogen) atoms. The minimum Gasteiger partial charge on any atom is -0.312 e. The molecule has 1 aromatic carbocycles. The van der Waals surface area contributed by atoms with Crippen LogP contribution >= 0.6 is 11.8 Å². The molecule has 1 heterocycles. The van der Waals surface area contributed by atoms with Crippen molar-refractivity contribution in [3.05, 3.63) is 28.8 Å². The molecule has 8 heteroatoms. The predicted molar refractivity (Wildman–Crippen MR) is 58.8 cm³/mol. The quantitative estimate of drug-likeness (QED) is 0.622. The van der Waals surface area contributed by atoms with Crippen molar-refractivity contribution in [2.45, 2.75) is 29.5 Å². The van der Waals surface area contributed by atoms with E-state index in [2.05, 4.69) is 5.32 Å². The van der Waals surface area contributed by atoms with Gasteiger partial charge in [0.05, 0.1) is 5.56 Å². The summed E-state index contributed by atoms with van der Waals surface area (Å²) in [7, 11) is 0. The normalized spacial score (nSPS) is 16.3. The zero-order valence-corrected chi connectivity index (χ0v) is 10.3. The third kappa shape index (κ3) is 3.36. The van der Waals surface area contributed by atoms with Crippen LogP contribution in [-0.4, -0.2) is 12.1 Å². The molecular formula is C11H9F6NS. The zero-order valence-electron chi connectivity index (χ0n) is 9.45. The summed E-state index contributed by atoms with van der Waals surface area (Å²) in [5.41, 5.74) is -5.53. The SMILES string of the molecule is FC(F)(F)Sc1ccc2c(c1C(F)(F)F)CNCC2. The molecular weight excluding hydrogens is 292 g/mol. The summed E-state index contributed by atoms with van der Waals surface area (Å²) in [6.45, 7) is 0.465. The minimum absolute atomic E-state index is 0.0591. The van der Waals surface area contributed by atoms with Gasteiger partial charge in [0, 0.05) is 11.4 Å². The van der Waals surface area contributed by atoms with E-state index in [1.807, 2.05) is 0 Å². The van der Waals surface area contributed by atoms with Gasteiger partial charge in [0.1, 0.15) is 0 Å². The van der Waals surface area contributed by atoms with Gasteiger partial charge in [-0.25, -0.2) is 0 Å². The summed E-state index contributed by atoms with van der Waals surface area (Å²) in [4.78, 5) is -0.789. The van der Waals surface area contributed by atoms with Crippen LogP contribution in [0.4, 0.5) is 26.3 Å². The number of benzene rings is 1. The second-order valence-electron chi connectivity index (χ2n) is 4.05. The number of fused-ring (bicyclic) bond motifs is 1. The van der Waals surface area contributed by atoms with Crippen molar-refractivity contribution in [2.24, 2.45) is 0 Å². The topological polar surface area (TPSA) is 12.0 Å². The first kappa shape index (κ1) is 14.5. The van der Waals surface area contributed by atoms with Crippen LogP contribution in [0.3, 0.4) is 0 Å². The van der Waals surface area contributed by atoms with E-state index in [1.54, 1.807) is 0 Å². The summed E-state index contributed by atoms with van der Waals surface area (Å²) in [5, 5.41) is 2.75. The van der Waals surface area contributed by atoms with E-state index in [0.29, 0.717) is 18.5 Å². The molecule has 0 aliphatic carbocycles. The zero-order chi connectivity index (χ0) is 14.3. The fourth-order valence-electron chi connectivity index (χ4n) is 2.06. The molecule has 0 saturated carbocycles. The summed E-state index contributed by atoms with van der Waals surface area (Å²) in [6.07, 6.45) is -4.41. The van der Waals surface area contributed by atoms with Gasteiger partial charge in [-0.1, -0.05) is 6.07 Å². The van der Waals surface area contributed by atoms with Crippen LogP contribution in [-0.2, 0) is 19.1 Å². The van der Waals surface area contributed by atoms with Crippen molar-refractivity contribution in [3.8, 4) is 0 Å². The van der Waals surface area contributed by atoms with E-state index < -0.39 is 33.9 Å². The number of rotatable bonds is 1. The van der Waals surface area contributed by atoms with Crippen molar-refractivity contribution in [1.29, 1.82) is 0 Å². The summed E-state index contributed by atoms with van der Waals surface area (Å²) in [6, 6.07) is 2.25. The van der Waals surface area contributed by atoms with Crippen molar-refractivity contribution >= 4 is 11.8 Å². The van der Waals surface area contributed by atoms with Crippen LogP contribution in [0.1, 0.15) is 16.7 Å². The Morgan fingerprint density at radius 3 is 2.32 bits per heavy atom. The maximum Gasteiger partial charge on any atom is 0.446 e. The number of halogens is 6. The maximum atomic E-state index is 13.0. The largest absolute Gasteiger partial charge is 0.446 e. The van der Waals surface area contributed by atoms with E-state index in [0.717, 1.165) is 6.07 Å². The van der Waals surface area contributed by atoms with Gasteiger partial charge in [-0.3, -0.25) is 0 Å². The first-order valence-corrected chi connectivity index (χ1v) is 6.18. The van der Waals surface area contributed by atoms with Crippen LogP contribution in [0.25, 0.3) is 0 Å². The highest BCUT2D eigenvalue weighted by atomic mass is 32.2. The highest BCUT2D eigenvalue weighted by molar-refractivity contribution is 8.00. The summed E-state index contributed by atoms with van der Waals surface area (Å²) >= 11 is -0.721. The first-order valence-electron chi connectivity index (χ1n) is 5.37. The molecule has 1 aliphatic rings. The van der Waals surface area contributed by atoms with E-state index in [-0.39, 0.29) is 12.1 Å². The molecule has 2 rings (SSSR count). The van der Waals surface area contributed by atoms with Crippen molar-refractivity contribution in [3.63, 3.8) is 0 Å². The standard InChI is InChI=1S/C11H9F6NS/c12-10(13,14)9-7-5-18-4-3-6(7)1-2-8(9)19-11(15,16)17/h1-2,18H,3-5H2. The second-order valence-corrected chi connectivity index (χ2v) is 5.16. The van der Waals surface area contributed by atoms with Crippen LogP contribution in [0, 0.1) is 0 Å². The molecule has 0 fully saturated rings. The fraction of sp³-hybridized carbons (Fsp3) is 0.455. The van der Waals surface area contributed by atoms with Gasteiger partial charge in [-0.2, -0.15) is 26.3 Å². The molecule has 0 radical (unpaired) electrons. The molecule has 0 spiro atoms. The van der Waals surface area contributed by atoms with Crippen LogP contribution in [0.2, 0.25) is 0 Å². The Labute approximate surface area is 109 Å². The number of thioether (sulfide) groups is 1. The van der Waals surface area contributed by atoms with Gasteiger partial charge >= 0.3 is 11.7 Å². The van der Waals surface area contributed by atoms with E-state index in [4.69, 9.17) is 0 Å². The van der Waals surface area contributed by atoms with E-state index >= 15 is 0 Å². The van der Waals surface area contributed by atoms with Gasteiger partial charge < -0.3 is 5.32 Å². The van der Waals surface area contributed by atoms with Crippen LogP contribution in [0.15, 0.2) is 17.0 Å². The minimum atomic E-state index is -4.79. The lowest BCUT2D eigenvalue weighted by Crippen LogP contribution is -2.27. The predicted octanol–water partition coefficient (Wildman–Crippen LogP) is 3.96. The summed E-state index contributed by atoms with van der Waals surface area (Å²) < 4.78 is 76.0. The van der Waals surface area contributed by atoms with Gasteiger partial charge in [0.25, 0.3) is 0 Å². The Hall–Kier alpha value is -0.890. The maximum absolute atomic E-state index is 13.0. The van der Waals surface area contributed by atoms with Gasteiger partial charge in [0.15, 0.2) is 0 Å². The Morgan fingerprint density at radius 1 is 1.05 bits per heavy atom. The molecule has 1 nitrogen and oxygen atoms in total. The molecule has 0 bridgehead atoms. The molecule has 0 unspecified atom stereocenters. The van der Waals surface area contributed by atoms with Gasteiger partial charge in [0.2, 0.25) is 0 Å². The molecule has 1 N–H and O–H groups in total. The number of alkyl halides is 6. The van der Waals surface area contributed by atoms with Crippen LogP contribution in [0.5, 0.6) is 0 Å². The third-order valence-electron chi connectivity index (χ3n) is 2.75. The Morgan fingerprint density at radius 2 is 1.74 bits per heavy atom. The third-order valence-corrected chi connectivity index (χ3v) is 3.55. The Bertz CT molecular complexity index is 479. The number of hydrogen-bond acceptors (Lipinski definition) is 2. The molecule has 0 atom stereocenters. The molecule has 1 aromatic rings. The van der Waals surface area contributed by atoms with Gasteiger partial charge in [-0.15, -0.1) is 0 Å². The molecule has 106 valence electrons. The Kier molecular flexibility index (Phi) is 3.74. The molecule has 0 aromatic heterocycles. The Balaban J connectivity index is 2.55. The number of nitrogens with one attached hydrogen (secondary N) is 1. The lowest BCUT2D eigenvalue weighted by molar-refractivity contribution is -0.140. The summed E-state index contributed by atoms with van der Waals surface area (Å²) in [5.74, 6) is 0. The van der Waals surface area contributed by atoms with E-state index in [1.165, 1.54) is 6.07 Å². The lowest BCUT2D eigenvalue weighted by Gasteiger charge is -2.24. The van der Waals surface area contributed by atoms with Crippen molar-refractivity contribution in [1.82, 2.24) is 5.32 Å². The van der Waals surface area contributed by atoms with Crippen molar-refractivity contribution < 1.29 is 26.3 Å². The van der Waals surface area contributed by atoms with E-state index in [9.17, 15) is 26.3 Å². The molecule has 1 aliphatic heterocycles. The van der Waals surface area contributed by atoms with Crippen molar-refractivity contribution in [2.75, 3.05) is 6.54 Å². The van der Waals surface area contributed by atoms with Crippen LogP contribution < -0.4 is 5.32 Å². The molecule has 0 amide bonds. The monoisotopic (exact) mass is 301 g/mol. The highest BCUT2D eigenvalue weighted by Crippen LogP contribution is 2.46. The lowest BCUT2D eigenvalue weighted by atomic mass is 9.95. The van der Waals surface area contributed by atoms with Gasteiger partial charge in [-0.05, 0) is 41.9 Å².